The maximum Gasteiger partial charge on any atom is 0.226 e. The lowest BCUT2D eigenvalue weighted by Crippen LogP contribution is -2.43. The Morgan fingerprint density at radius 1 is 1.20 bits per heavy atom. The molecule has 0 aliphatic carbocycles. The van der Waals surface area contributed by atoms with Crippen LogP contribution >= 0.6 is 11.3 Å². The molecule has 2 aliphatic rings. The summed E-state index contributed by atoms with van der Waals surface area (Å²) in [6.45, 7) is 4.21. The number of benzene rings is 1. The number of piperidine rings is 1. The van der Waals surface area contributed by atoms with E-state index in [1.54, 1.807) is 23.5 Å². The topological polar surface area (TPSA) is 23.6 Å². The fourth-order valence-electron chi connectivity index (χ4n) is 3.93. The first kappa shape index (κ1) is 16.7. The number of fused-ring (bicyclic) bond motifs is 1. The molecule has 132 valence electrons. The number of halogens is 1. The third-order valence-electron chi connectivity index (χ3n) is 5.35. The van der Waals surface area contributed by atoms with Gasteiger partial charge in [-0.2, -0.15) is 0 Å². The fraction of sp³-hybridized carbons (Fsp3) is 0.450. The molecule has 1 aromatic carbocycles. The smallest absolute Gasteiger partial charge is 0.226 e. The Morgan fingerprint density at radius 3 is 2.84 bits per heavy atom. The molecule has 0 N–H and O–H groups in total. The van der Waals surface area contributed by atoms with E-state index in [9.17, 15) is 9.18 Å². The molecule has 0 atom stereocenters. The highest BCUT2D eigenvalue weighted by Crippen LogP contribution is 2.27. The number of nitrogens with zero attached hydrogens (tertiary/aromatic N) is 2. The molecule has 1 amide bonds. The highest BCUT2D eigenvalue weighted by Gasteiger charge is 2.30. The van der Waals surface area contributed by atoms with E-state index in [2.05, 4.69) is 16.3 Å². The summed E-state index contributed by atoms with van der Waals surface area (Å²) in [6, 6.07) is 8.96. The lowest BCUT2D eigenvalue weighted by molar-refractivity contribution is -0.138. The monoisotopic (exact) mass is 358 g/mol. The molecule has 0 spiro atoms. The van der Waals surface area contributed by atoms with Gasteiger partial charge in [-0.05, 0) is 67.1 Å². The average Bonchev–Trinajstić information content (AvgIpc) is 3.09. The van der Waals surface area contributed by atoms with Crippen LogP contribution in [0.3, 0.4) is 0 Å². The van der Waals surface area contributed by atoms with Gasteiger partial charge in [0.15, 0.2) is 0 Å². The Labute approximate surface area is 152 Å². The first-order chi connectivity index (χ1) is 12.2. The Balaban J connectivity index is 1.30. The molecule has 3 heterocycles. The Bertz CT molecular complexity index is 752. The summed E-state index contributed by atoms with van der Waals surface area (Å²) in [7, 11) is 0. The lowest BCUT2D eigenvalue weighted by Gasteiger charge is -2.35. The summed E-state index contributed by atoms with van der Waals surface area (Å²) in [5.41, 5.74) is 2.33. The van der Waals surface area contributed by atoms with Gasteiger partial charge in [-0.15, -0.1) is 11.3 Å². The molecule has 5 heteroatoms. The van der Waals surface area contributed by atoms with Gasteiger partial charge < -0.3 is 4.90 Å². The van der Waals surface area contributed by atoms with Gasteiger partial charge in [0.2, 0.25) is 5.91 Å². The van der Waals surface area contributed by atoms with Crippen LogP contribution in [0.2, 0.25) is 0 Å². The van der Waals surface area contributed by atoms with Crippen molar-refractivity contribution in [2.24, 2.45) is 5.92 Å². The van der Waals surface area contributed by atoms with Crippen molar-refractivity contribution in [3.8, 4) is 0 Å². The van der Waals surface area contributed by atoms with Gasteiger partial charge in [-0.1, -0.05) is 12.1 Å². The normalized spacial score (nSPS) is 19.0. The number of rotatable bonds is 3. The van der Waals surface area contributed by atoms with E-state index in [0.717, 1.165) is 57.5 Å². The van der Waals surface area contributed by atoms with E-state index in [1.807, 2.05) is 11.0 Å². The number of likely N-dealkylation sites (tertiary alicyclic amines) is 1. The predicted octanol–water partition coefficient (Wildman–Crippen LogP) is 3.68. The van der Waals surface area contributed by atoms with Crippen molar-refractivity contribution in [3.63, 3.8) is 0 Å². The minimum atomic E-state index is -0.180. The molecule has 4 rings (SSSR count). The molecule has 1 aromatic heterocycles. The molecule has 2 aliphatic heterocycles. The Morgan fingerprint density at radius 2 is 2.04 bits per heavy atom. The van der Waals surface area contributed by atoms with E-state index in [4.69, 9.17) is 0 Å². The van der Waals surface area contributed by atoms with Crippen LogP contribution < -0.4 is 0 Å². The van der Waals surface area contributed by atoms with Gasteiger partial charge in [0.1, 0.15) is 5.82 Å². The SMILES string of the molecule is O=C(C1CCN(Cc2cccc(F)c2)CC1)N1CCc2sccc2C1. The van der Waals surface area contributed by atoms with Gasteiger partial charge in [0.05, 0.1) is 0 Å². The maximum absolute atomic E-state index is 13.3. The summed E-state index contributed by atoms with van der Waals surface area (Å²) in [6.07, 6.45) is 2.81. The molecule has 0 bridgehead atoms. The Kier molecular flexibility index (Phi) is 4.86. The zero-order chi connectivity index (χ0) is 17.2. The first-order valence-electron chi connectivity index (χ1n) is 9.00. The molecule has 0 radical (unpaired) electrons. The van der Waals surface area contributed by atoms with Gasteiger partial charge in [-0.3, -0.25) is 9.69 Å². The second-order valence-corrected chi connectivity index (χ2v) is 8.06. The van der Waals surface area contributed by atoms with Crippen molar-refractivity contribution >= 4 is 17.2 Å². The van der Waals surface area contributed by atoms with Crippen LogP contribution in [0, 0.1) is 11.7 Å². The summed E-state index contributed by atoms with van der Waals surface area (Å²) in [5.74, 6) is 0.284. The van der Waals surface area contributed by atoms with Crippen LogP contribution in [0.5, 0.6) is 0 Å². The highest BCUT2D eigenvalue weighted by atomic mass is 32.1. The highest BCUT2D eigenvalue weighted by molar-refractivity contribution is 7.10. The van der Waals surface area contributed by atoms with Gasteiger partial charge in [0.25, 0.3) is 0 Å². The van der Waals surface area contributed by atoms with Crippen molar-refractivity contribution in [3.05, 3.63) is 57.5 Å². The lowest BCUT2D eigenvalue weighted by atomic mass is 9.94. The van der Waals surface area contributed by atoms with E-state index in [-0.39, 0.29) is 11.7 Å². The summed E-state index contributed by atoms with van der Waals surface area (Å²) in [4.78, 5) is 18.7. The number of carbonyl (C=O) groups is 1. The summed E-state index contributed by atoms with van der Waals surface area (Å²) >= 11 is 1.81. The van der Waals surface area contributed by atoms with Crippen LogP contribution in [0.25, 0.3) is 0 Å². The predicted molar refractivity (Wildman–Crippen MR) is 97.8 cm³/mol. The van der Waals surface area contributed by atoms with Crippen LogP contribution in [0.15, 0.2) is 35.7 Å². The van der Waals surface area contributed by atoms with E-state index in [0.29, 0.717) is 5.91 Å². The van der Waals surface area contributed by atoms with Crippen molar-refractivity contribution < 1.29 is 9.18 Å². The van der Waals surface area contributed by atoms with E-state index < -0.39 is 0 Å². The number of thiophene rings is 1. The van der Waals surface area contributed by atoms with Crippen molar-refractivity contribution in [1.82, 2.24) is 9.80 Å². The van der Waals surface area contributed by atoms with E-state index in [1.165, 1.54) is 16.5 Å². The van der Waals surface area contributed by atoms with Crippen molar-refractivity contribution in [2.45, 2.75) is 32.4 Å². The van der Waals surface area contributed by atoms with Crippen molar-refractivity contribution in [1.29, 1.82) is 0 Å². The quantitative estimate of drug-likeness (QED) is 0.836. The molecular formula is C20H23FN2OS. The summed E-state index contributed by atoms with van der Waals surface area (Å²) in [5, 5.41) is 2.13. The average molecular weight is 358 g/mol. The van der Waals surface area contributed by atoms with Crippen LogP contribution in [-0.4, -0.2) is 35.3 Å². The fourth-order valence-corrected chi connectivity index (χ4v) is 4.82. The minimum Gasteiger partial charge on any atom is -0.338 e. The minimum absolute atomic E-state index is 0.143. The molecular weight excluding hydrogens is 335 g/mol. The largest absolute Gasteiger partial charge is 0.338 e. The molecule has 25 heavy (non-hydrogen) atoms. The van der Waals surface area contributed by atoms with Crippen LogP contribution in [-0.2, 0) is 24.3 Å². The van der Waals surface area contributed by atoms with E-state index >= 15 is 0 Å². The number of amides is 1. The van der Waals surface area contributed by atoms with Crippen molar-refractivity contribution in [2.75, 3.05) is 19.6 Å². The molecule has 2 aromatic rings. The zero-order valence-corrected chi connectivity index (χ0v) is 15.1. The van der Waals surface area contributed by atoms with Crippen LogP contribution in [0.4, 0.5) is 4.39 Å². The number of hydrogen-bond donors (Lipinski definition) is 0. The first-order valence-corrected chi connectivity index (χ1v) is 9.88. The second kappa shape index (κ2) is 7.26. The summed E-state index contributed by atoms with van der Waals surface area (Å²) < 4.78 is 13.3. The molecule has 1 fully saturated rings. The third-order valence-corrected chi connectivity index (χ3v) is 6.37. The Hall–Kier alpha value is -1.72. The maximum atomic E-state index is 13.3. The molecule has 3 nitrogen and oxygen atoms in total. The zero-order valence-electron chi connectivity index (χ0n) is 14.3. The van der Waals surface area contributed by atoms with Gasteiger partial charge in [0, 0.05) is 30.4 Å². The van der Waals surface area contributed by atoms with Gasteiger partial charge in [-0.25, -0.2) is 4.39 Å². The number of carbonyl (C=O) groups excluding carboxylic acids is 1. The standard InChI is InChI=1S/C20H23FN2OS/c21-18-3-1-2-15(12-18)13-22-8-4-16(5-9-22)20(24)23-10-6-19-17(14-23)7-11-25-19/h1-3,7,11-12,16H,4-6,8-10,13-14H2. The van der Waals surface area contributed by atoms with Crippen LogP contribution in [0.1, 0.15) is 28.8 Å². The molecule has 0 saturated carbocycles. The molecule has 1 saturated heterocycles. The third kappa shape index (κ3) is 3.77. The van der Waals surface area contributed by atoms with Gasteiger partial charge >= 0.3 is 0 Å². The molecule has 0 unspecified atom stereocenters. The number of hydrogen-bond acceptors (Lipinski definition) is 3. The second-order valence-electron chi connectivity index (χ2n) is 7.06.